The molecule has 1 aliphatic heterocycles. The minimum absolute atomic E-state index is 0.0167. The van der Waals surface area contributed by atoms with E-state index in [1.165, 1.54) is 0 Å². The molecule has 1 fully saturated rings. The van der Waals surface area contributed by atoms with Crippen molar-refractivity contribution in [3.8, 4) is 11.3 Å². The molecule has 0 amide bonds. The average molecular weight is 321 g/mol. The number of aromatic nitrogens is 4. The number of morpholine rings is 1. The Bertz CT molecular complexity index is 800. The van der Waals surface area contributed by atoms with Crippen LogP contribution in [0.15, 0.2) is 55.1 Å². The first-order valence-corrected chi connectivity index (χ1v) is 8.02. The van der Waals surface area contributed by atoms with E-state index in [-0.39, 0.29) is 6.10 Å². The SMILES string of the molecule is Cn1cc(C2CN(c3cnc(-c4ccccc4)cn3)CCO2)cn1. The Morgan fingerprint density at radius 2 is 1.96 bits per heavy atom. The Balaban J connectivity index is 1.51. The van der Waals surface area contributed by atoms with Crippen molar-refractivity contribution in [2.45, 2.75) is 6.10 Å². The molecule has 1 aliphatic rings. The standard InChI is InChI=1S/C18H19N5O/c1-22-12-15(9-21-22)17-13-23(7-8-24-17)18-11-19-16(10-20-18)14-5-3-2-4-6-14/h2-6,9-12,17H,7-8,13H2,1H3. The van der Waals surface area contributed by atoms with Gasteiger partial charge in [0, 0.05) is 30.9 Å². The van der Waals surface area contributed by atoms with E-state index in [0.717, 1.165) is 35.7 Å². The van der Waals surface area contributed by atoms with Crippen LogP contribution in [0.2, 0.25) is 0 Å². The molecule has 0 spiro atoms. The van der Waals surface area contributed by atoms with Crippen LogP contribution in [0.4, 0.5) is 5.82 Å². The van der Waals surface area contributed by atoms with E-state index in [1.54, 1.807) is 4.68 Å². The topological polar surface area (TPSA) is 56.1 Å². The minimum Gasteiger partial charge on any atom is -0.370 e. The van der Waals surface area contributed by atoms with Gasteiger partial charge in [-0.05, 0) is 0 Å². The van der Waals surface area contributed by atoms with Crippen LogP contribution >= 0.6 is 0 Å². The zero-order valence-electron chi connectivity index (χ0n) is 13.5. The van der Waals surface area contributed by atoms with Crippen molar-refractivity contribution < 1.29 is 4.74 Å². The van der Waals surface area contributed by atoms with Crippen LogP contribution in [-0.2, 0) is 11.8 Å². The van der Waals surface area contributed by atoms with Crippen LogP contribution in [0.5, 0.6) is 0 Å². The third kappa shape index (κ3) is 3.00. The molecule has 24 heavy (non-hydrogen) atoms. The monoisotopic (exact) mass is 321 g/mol. The maximum atomic E-state index is 5.88. The lowest BCUT2D eigenvalue weighted by molar-refractivity contribution is 0.0394. The fraction of sp³-hybridized carbons (Fsp3) is 0.278. The number of ether oxygens (including phenoxy) is 1. The molecule has 2 aromatic heterocycles. The zero-order chi connectivity index (χ0) is 16.4. The Morgan fingerprint density at radius 1 is 1.08 bits per heavy atom. The van der Waals surface area contributed by atoms with Crippen molar-refractivity contribution in [1.29, 1.82) is 0 Å². The number of rotatable bonds is 3. The Morgan fingerprint density at radius 3 is 2.67 bits per heavy atom. The fourth-order valence-corrected chi connectivity index (χ4v) is 2.91. The van der Waals surface area contributed by atoms with E-state index < -0.39 is 0 Å². The average Bonchev–Trinajstić information content (AvgIpc) is 3.09. The number of nitrogens with zero attached hydrogens (tertiary/aromatic N) is 5. The second-order valence-corrected chi connectivity index (χ2v) is 5.88. The number of hydrogen-bond acceptors (Lipinski definition) is 5. The van der Waals surface area contributed by atoms with Crippen molar-refractivity contribution in [3.63, 3.8) is 0 Å². The van der Waals surface area contributed by atoms with E-state index in [0.29, 0.717) is 6.61 Å². The first kappa shape index (κ1) is 14.8. The molecule has 6 nitrogen and oxygen atoms in total. The summed E-state index contributed by atoms with van der Waals surface area (Å²) in [6.45, 7) is 2.24. The van der Waals surface area contributed by atoms with Crippen molar-refractivity contribution in [3.05, 3.63) is 60.7 Å². The molecule has 3 aromatic rings. The molecule has 1 saturated heterocycles. The Hall–Kier alpha value is -2.73. The van der Waals surface area contributed by atoms with Gasteiger partial charge in [0.2, 0.25) is 0 Å². The molecule has 122 valence electrons. The summed E-state index contributed by atoms with van der Waals surface area (Å²) in [7, 11) is 1.91. The van der Waals surface area contributed by atoms with Crippen LogP contribution in [0.3, 0.4) is 0 Å². The molecule has 1 unspecified atom stereocenters. The number of benzene rings is 1. The molecule has 3 heterocycles. The molecule has 0 saturated carbocycles. The number of aryl methyl sites for hydroxylation is 1. The molecule has 1 atom stereocenters. The third-order valence-corrected chi connectivity index (χ3v) is 4.19. The van der Waals surface area contributed by atoms with E-state index in [1.807, 2.05) is 62.2 Å². The summed E-state index contributed by atoms with van der Waals surface area (Å²) < 4.78 is 7.68. The highest BCUT2D eigenvalue weighted by Gasteiger charge is 2.24. The summed E-state index contributed by atoms with van der Waals surface area (Å²) in [5.74, 6) is 0.881. The molecule has 0 N–H and O–H groups in total. The second-order valence-electron chi connectivity index (χ2n) is 5.88. The first-order chi connectivity index (χ1) is 11.8. The van der Waals surface area contributed by atoms with Crippen LogP contribution < -0.4 is 4.90 Å². The van der Waals surface area contributed by atoms with Gasteiger partial charge >= 0.3 is 0 Å². The number of anilines is 1. The second kappa shape index (κ2) is 6.41. The summed E-state index contributed by atoms with van der Waals surface area (Å²) in [4.78, 5) is 11.4. The van der Waals surface area contributed by atoms with Gasteiger partial charge in [-0.15, -0.1) is 0 Å². The fourth-order valence-electron chi connectivity index (χ4n) is 2.91. The van der Waals surface area contributed by atoms with Crippen LogP contribution in [0.25, 0.3) is 11.3 Å². The summed E-state index contributed by atoms with van der Waals surface area (Å²) in [6, 6.07) is 10.1. The number of hydrogen-bond donors (Lipinski definition) is 0. The lowest BCUT2D eigenvalue weighted by Gasteiger charge is -2.33. The highest BCUT2D eigenvalue weighted by molar-refractivity contribution is 5.58. The van der Waals surface area contributed by atoms with Gasteiger partial charge in [0.15, 0.2) is 0 Å². The maximum absolute atomic E-state index is 5.88. The Labute approximate surface area is 140 Å². The molecule has 0 radical (unpaired) electrons. The van der Waals surface area contributed by atoms with Gasteiger partial charge in [-0.1, -0.05) is 30.3 Å². The quantitative estimate of drug-likeness (QED) is 0.742. The van der Waals surface area contributed by atoms with Crippen molar-refractivity contribution >= 4 is 5.82 Å². The molecular weight excluding hydrogens is 302 g/mol. The summed E-state index contributed by atoms with van der Waals surface area (Å²) >= 11 is 0. The van der Waals surface area contributed by atoms with Crippen LogP contribution in [-0.4, -0.2) is 39.4 Å². The third-order valence-electron chi connectivity index (χ3n) is 4.19. The van der Waals surface area contributed by atoms with E-state index in [4.69, 9.17) is 4.74 Å². The Kier molecular flexibility index (Phi) is 3.96. The molecule has 0 aliphatic carbocycles. The van der Waals surface area contributed by atoms with E-state index in [2.05, 4.69) is 20.0 Å². The largest absolute Gasteiger partial charge is 0.370 e. The molecule has 6 heteroatoms. The highest BCUT2D eigenvalue weighted by Crippen LogP contribution is 2.25. The first-order valence-electron chi connectivity index (χ1n) is 8.02. The molecule has 1 aromatic carbocycles. The summed E-state index contributed by atoms with van der Waals surface area (Å²) in [5, 5.41) is 4.22. The highest BCUT2D eigenvalue weighted by atomic mass is 16.5. The van der Waals surface area contributed by atoms with Crippen LogP contribution in [0, 0.1) is 0 Å². The van der Waals surface area contributed by atoms with Gasteiger partial charge in [0.25, 0.3) is 0 Å². The maximum Gasteiger partial charge on any atom is 0.147 e. The van der Waals surface area contributed by atoms with E-state index in [9.17, 15) is 0 Å². The smallest absolute Gasteiger partial charge is 0.147 e. The van der Waals surface area contributed by atoms with Crippen molar-refractivity contribution in [2.75, 3.05) is 24.6 Å². The normalized spacial score (nSPS) is 17.9. The van der Waals surface area contributed by atoms with Gasteiger partial charge in [-0.25, -0.2) is 4.98 Å². The zero-order valence-corrected chi connectivity index (χ0v) is 13.5. The molecular formula is C18H19N5O. The van der Waals surface area contributed by atoms with Gasteiger partial charge < -0.3 is 9.64 Å². The predicted molar refractivity (Wildman–Crippen MR) is 91.6 cm³/mol. The minimum atomic E-state index is 0.0167. The predicted octanol–water partition coefficient (Wildman–Crippen LogP) is 2.46. The van der Waals surface area contributed by atoms with Gasteiger partial charge in [-0.3, -0.25) is 9.67 Å². The lowest BCUT2D eigenvalue weighted by Crippen LogP contribution is -2.38. The van der Waals surface area contributed by atoms with Crippen molar-refractivity contribution in [2.24, 2.45) is 7.05 Å². The van der Waals surface area contributed by atoms with E-state index >= 15 is 0 Å². The van der Waals surface area contributed by atoms with Crippen molar-refractivity contribution in [1.82, 2.24) is 19.7 Å². The molecule has 4 rings (SSSR count). The van der Waals surface area contributed by atoms with Gasteiger partial charge in [0.1, 0.15) is 11.9 Å². The molecule has 0 bridgehead atoms. The van der Waals surface area contributed by atoms with Gasteiger partial charge in [-0.2, -0.15) is 5.10 Å². The summed E-state index contributed by atoms with van der Waals surface area (Å²) in [6.07, 6.45) is 7.55. The lowest BCUT2D eigenvalue weighted by atomic mass is 10.1. The summed E-state index contributed by atoms with van der Waals surface area (Å²) in [5.41, 5.74) is 3.05. The van der Waals surface area contributed by atoms with Gasteiger partial charge in [0.05, 0.1) is 37.4 Å². The van der Waals surface area contributed by atoms with Crippen LogP contribution in [0.1, 0.15) is 11.7 Å².